The Morgan fingerprint density at radius 2 is 0.717 bits per heavy atom. The van der Waals surface area contributed by atoms with Gasteiger partial charge >= 0.3 is 23.9 Å². The zero-order valence-corrected chi connectivity index (χ0v) is 35.0. The topological polar surface area (TPSA) is 138 Å². The zero-order valence-electron chi connectivity index (χ0n) is 35.0. The third-order valence-electron chi connectivity index (χ3n) is 8.41. The lowest BCUT2D eigenvalue weighted by molar-refractivity contribution is -0.160. The Morgan fingerprint density at radius 1 is 0.453 bits per heavy atom. The van der Waals surface area contributed by atoms with E-state index in [1.165, 1.54) is 0 Å². The molecule has 2 aliphatic rings. The Morgan fingerprint density at radius 3 is 1.00 bits per heavy atom. The molecule has 14 heteroatoms. The number of hydrogen-bond donors (Lipinski definition) is 0. The van der Waals surface area contributed by atoms with Crippen molar-refractivity contribution < 1.29 is 42.9 Å². The summed E-state index contributed by atoms with van der Waals surface area (Å²) in [6, 6.07) is -0.0363. The Kier molecular flexibility index (Phi) is 17.7. The van der Waals surface area contributed by atoms with E-state index >= 15 is 0 Å². The summed E-state index contributed by atoms with van der Waals surface area (Å²) >= 11 is 0. The highest BCUT2D eigenvalue weighted by Crippen LogP contribution is 2.24. The Labute approximate surface area is 319 Å². The van der Waals surface area contributed by atoms with E-state index in [1.807, 2.05) is 103 Å². The number of hydrogen-bond acceptors (Lipinski definition) is 13. The van der Waals surface area contributed by atoms with Crippen LogP contribution in [0, 0.1) is 0 Å². The molecule has 0 N–H and O–H groups in total. The number of nitrogens with zero attached hydrogens (tertiary/aromatic N) is 5. The quantitative estimate of drug-likeness (QED) is 0.226. The van der Waals surface area contributed by atoms with Gasteiger partial charge in [0.1, 0.15) is 28.9 Å². The molecule has 1 amide bonds. The van der Waals surface area contributed by atoms with E-state index in [-0.39, 0.29) is 62.6 Å². The van der Waals surface area contributed by atoms with E-state index in [2.05, 4.69) is 0 Å². The van der Waals surface area contributed by atoms with Crippen molar-refractivity contribution in [3.05, 3.63) is 0 Å². The van der Waals surface area contributed by atoms with Crippen LogP contribution in [0.2, 0.25) is 0 Å². The highest BCUT2D eigenvalue weighted by Gasteiger charge is 2.32. The van der Waals surface area contributed by atoms with Gasteiger partial charge in [-0.1, -0.05) is 12.8 Å². The molecule has 0 aromatic carbocycles. The molecule has 0 unspecified atom stereocenters. The average molecular weight is 754 g/mol. The summed E-state index contributed by atoms with van der Waals surface area (Å²) in [6.07, 6.45) is 3.66. The molecule has 306 valence electrons. The van der Waals surface area contributed by atoms with Crippen LogP contribution >= 0.6 is 0 Å². The number of rotatable bonds is 11. The molecular formula is C39H71N5O9. The highest BCUT2D eigenvalue weighted by atomic mass is 16.6. The predicted molar refractivity (Wildman–Crippen MR) is 203 cm³/mol. The highest BCUT2D eigenvalue weighted by molar-refractivity contribution is 5.84. The second-order valence-electron chi connectivity index (χ2n) is 18.4. The van der Waals surface area contributed by atoms with Gasteiger partial charge in [0.05, 0.1) is 26.2 Å². The smallest absolute Gasteiger partial charge is 0.326 e. The van der Waals surface area contributed by atoms with Gasteiger partial charge in [-0.25, -0.2) is 0 Å². The molecule has 1 heterocycles. The van der Waals surface area contributed by atoms with E-state index in [9.17, 15) is 24.0 Å². The molecule has 1 aliphatic heterocycles. The molecule has 0 radical (unpaired) electrons. The molecule has 0 spiro atoms. The lowest BCUT2D eigenvalue weighted by Gasteiger charge is -2.35. The molecule has 1 aliphatic carbocycles. The summed E-state index contributed by atoms with van der Waals surface area (Å²) in [4.78, 5) is 75.8. The van der Waals surface area contributed by atoms with E-state index in [1.54, 1.807) is 4.90 Å². The van der Waals surface area contributed by atoms with Gasteiger partial charge in [-0.15, -0.1) is 0 Å². The van der Waals surface area contributed by atoms with Crippen molar-refractivity contribution in [2.45, 2.75) is 137 Å². The van der Waals surface area contributed by atoms with Gasteiger partial charge in [0.15, 0.2) is 0 Å². The molecule has 0 bridgehead atoms. The number of ether oxygens (including phenoxy) is 4. The largest absolute Gasteiger partial charge is 0.459 e. The normalized spacial score (nSPS) is 18.8. The van der Waals surface area contributed by atoms with Crippen LogP contribution in [0.15, 0.2) is 0 Å². The van der Waals surface area contributed by atoms with Gasteiger partial charge in [0.25, 0.3) is 0 Å². The number of carbonyl (C=O) groups excluding carboxylic acids is 5. The monoisotopic (exact) mass is 754 g/mol. The minimum Gasteiger partial charge on any atom is -0.459 e. The number of carbonyl (C=O) groups is 5. The molecule has 14 nitrogen and oxygen atoms in total. The first-order valence-electron chi connectivity index (χ1n) is 19.3. The van der Waals surface area contributed by atoms with Crippen molar-refractivity contribution in [2.24, 2.45) is 0 Å². The van der Waals surface area contributed by atoms with Gasteiger partial charge < -0.3 is 23.8 Å². The van der Waals surface area contributed by atoms with E-state index < -0.39 is 28.4 Å². The first-order valence-corrected chi connectivity index (χ1v) is 19.3. The molecule has 1 saturated carbocycles. The fourth-order valence-electron chi connectivity index (χ4n) is 6.31. The Bertz CT molecular complexity index is 1160. The summed E-state index contributed by atoms with van der Waals surface area (Å²) < 4.78 is 22.6. The zero-order chi connectivity index (χ0) is 40.2. The number of esters is 4. The van der Waals surface area contributed by atoms with E-state index in [0.717, 1.165) is 25.7 Å². The summed E-state index contributed by atoms with van der Waals surface area (Å²) in [5.74, 6) is -1.67. The van der Waals surface area contributed by atoms with Crippen LogP contribution in [0.3, 0.4) is 0 Å². The summed E-state index contributed by atoms with van der Waals surface area (Å²) in [5, 5.41) is 0. The summed E-state index contributed by atoms with van der Waals surface area (Å²) in [5.41, 5.74) is -2.62. The van der Waals surface area contributed by atoms with Crippen LogP contribution in [0.5, 0.6) is 0 Å². The van der Waals surface area contributed by atoms with Gasteiger partial charge in [-0.3, -0.25) is 43.6 Å². The lowest BCUT2D eigenvalue weighted by atomic mass is 10.2. The standard InChI is InChI=1S/C39H71N5O9/c1-36(2,3)50-32(46)26-41-19-17-40(25-31(45)44(30-15-13-14-16-30)29-35(49)53-39(10,11)12)18-20-42(27-33(47)51-37(4,5)6)22-24-43(23-21-41)28-34(48)52-38(7,8)9/h30H,13-29H2,1-12H3. The van der Waals surface area contributed by atoms with Crippen LogP contribution in [-0.2, 0) is 42.9 Å². The Hall–Kier alpha value is -2.81. The molecule has 0 aromatic rings. The van der Waals surface area contributed by atoms with Gasteiger partial charge in [0.2, 0.25) is 5.91 Å². The van der Waals surface area contributed by atoms with Crippen molar-refractivity contribution in [3.63, 3.8) is 0 Å². The van der Waals surface area contributed by atoms with Gasteiger partial charge in [0, 0.05) is 58.4 Å². The lowest BCUT2D eigenvalue weighted by Crippen LogP contribution is -2.52. The third-order valence-corrected chi connectivity index (χ3v) is 8.41. The molecule has 1 saturated heterocycles. The predicted octanol–water partition coefficient (Wildman–Crippen LogP) is 3.35. The minimum atomic E-state index is -0.670. The van der Waals surface area contributed by atoms with Crippen LogP contribution in [0.1, 0.15) is 109 Å². The van der Waals surface area contributed by atoms with Crippen molar-refractivity contribution in [1.29, 1.82) is 0 Å². The third kappa shape index (κ3) is 21.0. The fourth-order valence-corrected chi connectivity index (χ4v) is 6.31. The first kappa shape index (κ1) is 46.3. The van der Waals surface area contributed by atoms with Gasteiger partial charge in [-0.05, 0) is 95.9 Å². The van der Waals surface area contributed by atoms with Crippen LogP contribution in [-0.4, -0.2) is 168 Å². The molecular weight excluding hydrogens is 682 g/mol. The SMILES string of the molecule is CC(C)(C)OC(=O)CN1CCN(CC(=O)OC(C)(C)C)CCN(CC(=O)N(CC(=O)OC(C)(C)C)C2CCCC2)CCN(CC(=O)OC(C)(C)C)CC1. The molecule has 53 heavy (non-hydrogen) atoms. The van der Waals surface area contributed by atoms with E-state index in [4.69, 9.17) is 18.9 Å². The van der Waals surface area contributed by atoms with Crippen LogP contribution < -0.4 is 0 Å². The maximum Gasteiger partial charge on any atom is 0.326 e. The van der Waals surface area contributed by atoms with E-state index in [0.29, 0.717) is 52.4 Å². The summed E-state index contributed by atoms with van der Waals surface area (Å²) in [7, 11) is 0. The Balaban J connectivity index is 2.38. The fraction of sp³-hybridized carbons (Fsp3) is 0.872. The molecule has 2 rings (SSSR count). The van der Waals surface area contributed by atoms with Crippen molar-refractivity contribution in [2.75, 3.05) is 85.1 Å². The molecule has 0 aromatic heterocycles. The first-order chi connectivity index (χ1) is 24.3. The van der Waals surface area contributed by atoms with Crippen LogP contribution in [0.25, 0.3) is 0 Å². The maximum atomic E-state index is 14.1. The minimum absolute atomic E-state index is 0.0363. The van der Waals surface area contributed by atoms with Crippen molar-refractivity contribution in [1.82, 2.24) is 24.5 Å². The van der Waals surface area contributed by atoms with Crippen LogP contribution in [0.4, 0.5) is 0 Å². The second kappa shape index (κ2) is 20.2. The number of amides is 1. The summed E-state index contributed by atoms with van der Waals surface area (Å²) in [6.45, 7) is 25.5. The van der Waals surface area contributed by atoms with Crippen molar-refractivity contribution in [3.8, 4) is 0 Å². The van der Waals surface area contributed by atoms with Gasteiger partial charge in [-0.2, -0.15) is 0 Å². The maximum absolute atomic E-state index is 14.1. The molecule has 0 atom stereocenters. The second-order valence-corrected chi connectivity index (χ2v) is 18.4. The molecule has 2 fully saturated rings. The van der Waals surface area contributed by atoms with Crippen molar-refractivity contribution >= 4 is 29.8 Å². The average Bonchev–Trinajstić information content (AvgIpc) is 3.48.